The zero-order valence-electron chi connectivity index (χ0n) is 18.3. The van der Waals surface area contributed by atoms with Gasteiger partial charge < -0.3 is 9.84 Å². The van der Waals surface area contributed by atoms with Crippen molar-refractivity contribution in [3.63, 3.8) is 0 Å². The van der Waals surface area contributed by atoms with Gasteiger partial charge in [0.2, 0.25) is 0 Å². The molecule has 0 saturated carbocycles. The van der Waals surface area contributed by atoms with Crippen molar-refractivity contribution in [1.82, 2.24) is 0 Å². The van der Waals surface area contributed by atoms with E-state index in [2.05, 4.69) is 78.9 Å². The first kappa shape index (κ1) is 21.9. The minimum atomic E-state index is -0.939. The van der Waals surface area contributed by atoms with Crippen molar-refractivity contribution in [3.05, 3.63) is 113 Å². The van der Waals surface area contributed by atoms with Gasteiger partial charge in [-0.25, -0.2) is 4.79 Å². The standard InChI is InChI=1S/C29H30O3/c30-29(31)21-32-28-17-9-15-25-20-22(18-19-27(25)28)10-7-8-16-26(23-11-3-1-4-12-23)24-13-5-2-6-14-24/h1-9,11-15,17,22,26H,10,16,18-21H2,(H,30,31)/b8-7-. The maximum absolute atomic E-state index is 10.8. The van der Waals surface area contributed by atoms with E-state index < -0.39 is 5.97 Å². The maximum Gasteiger partial charge on any atom is 0.341 e. The second-order valence-corrected chi connectivity index (χ2v) is 8.50. The van der Waals surface area contributed by atoms with Crippen LogP contribution < -0.4 is 4.74 Å². The highest BCUT2D eigenvalue weighted by atomic mass is 16.5. The molecule has 3 aromatic rings. The summed E-state index contributed by atoms with van der Waals surface area (Å²) in [6.07, 6.45) is 9.81. The van der Waals surface area contributed by atoms with Gasteiger partial charge in [0.25, 0.3) is 0 Å². The molecular weight excluding hydrogens is 396 g/mol. The Morgan fingerprint density at radius 2 is 1.62 bits per heavy atom. The fourth-order valence-corrected chi connectivity index (χ4v) is 4.68. The number of rotatable bonds is 9. The van der Waals surface area contributed by atoms with Crippen LogP contribution in [0.3, 0.4) is 0 Å². The smallest absolute Gasteiger partial charge is 0.341 e. The van der Waals surface area contributed by atoms with E-state index >= 15 is 0 Å². The van der Waals surface area contributed by atoms with E-state index in [-0.39, 0.29) is 6.61 Å². The van der Waals surface area contributed by atoms with Gasteiger partial charge in [0.05, 0.1) is 0 Å². The zero-order chi connectivity index (χ0) is 22.2. The first-order valence-electron chi connectivity index (χ1n) is 11.4. The van der Waals surface area contributed by atoms with Crippen molar-refractivity contribution in [2.75, 3.05) is 6.61 Å². The molecule has 164 valence electrons. The number of hydrogen-bond donors (Lipinski definition) is 1. The molecule has 0 aliphatic heterocycles. The second kappa shape index (κ2) is 10.8. The number of benzene rings is 3. The molecule has 0 saturated heterocycles. The molecule has 0 radical (unpaired) electrons. The lowest BCUT2D eigenvalue weighted by atomic mass is 9.81. The van der Waals surface area contributed by atoms with Gasteiger partial charge in [0, 0.05) is 5.92 Å². The highest BCUT2D eigenvalue weighted by Gasteiger charge is 2.21. The topological polar surface area (TPSA) is 46.5 Å². The molecule has 1 aliphatic rings. The molecule has 1 unspecified atom stereocenters. The first-order valence-corrected chi connectivity index (χ1v) is 11.4. The number of hydrogen-bond acceptors (Lipinski definition) is 2. The van der Waals surface area contributed by atoms with Crippen molar-refractivity contribution in [3.8, 4) is 5.75 Å². The van der Waals surface area contributed by atoms with Gasteiger partial charge in [0.1, 0.15) is 5.75 Å². The van der Waals surface area contributed by atoms with E-state index in [1.54, 1.807) is 0 Å². The SMILES string of the molecule is O=C(O)COc1cccc2c1CCC(C/C=C\CC(c1ccccc1)c1ccccc1)C2. The Labute approximate surface area is 190 Å². The molecular formula is C29H30O3. The molecule has 3 heteroatoms. The average molecular weight is 427 g/mol. The molecule has 1 atom stereocenters. The number of ether oxygens (including phenoxy) is 1. The van der Waals surface area contributed by atoms with Crippen molar-refractivity contribution in [1.29, 1.82) is 0 Å². The molecule has 32 heavy (non-hydrogen) atoms. The Hall–Kier alpha value is -3.33. The summed E-state index contributed by atoms with van der Waals surface area (Å²) >= 11 is 0. The summed E-state index contributed by atoms with van der Waals surface area (Å²) in [7, 11) is 0. The van der Waals surface area contributed by atoms with Crippen LogP contribution in [-0.4, -0.2) is 17.7 Å². The van der Waals surface area contributed by atoms with Gasteiger partial charge in [-0.3, -0.25) is 0 Å². The normalized spacial score (nSPS) is 15.6. The predicted molar refractivity (Wildman–Crippen MR) is 128 cm³/mol. The summed E-state index contributed by atoms with van der Waals surface area (Å²) < 4.78 is 5.50. The van der Waals surface area contributed by atoms with Crippen LogP contribution in [0.1, 0.15) is 47.4 Å². The largest absolute Gasteiger partial charge is 0.482 e. The number of carbonyl (C=O) groups is 1. The van der Waals surface area contributed by atoms with E-state index in [9.17, 15) is 4.79 Å². The van der Waals surface area contributed by atoms with Gasteiger partial charge in [0.15, 0.2) is 6.61 Å². The fraction of sp³-hybridized carbons (Fsp3) is 0.276. The quantitative estimate of drug-likeness (QED) is 0.401. The van der Waals surface area contributed by atoms with Gasteiger partial charge in [-0.2, -0.15) is 0 Å². The maximum atomic E-state index is 10.8. The molecule has 4 rings (SSSR count). The third kappa shape index (κ3) is 5.67. The number of carboxylic acids is 1. The molecule has 0 bridgehead atoms. The molecule has 1 aliphatic carbocycles. The van der Waals surface area contributed by atoms with Crippen LogP contribution in [0.5, 0.6) is 5.75 Å². The summed E-state index contributed by atoms with van der Waals surface area (Å²) in [6, 6.07) is 27.5. The summed E-state index contributed by atoms with van der Waals surface area (Å²) in [4.78, 5) is 10.8. The van der Waals surface area contributed by atoms with Crippen LogP contribution in [0, 0.1) is 5.92 Å². The zero-order valence-corrected chi connectivity index (χ0v) is 18.3. The van der Waals surface area contributed by atoms with Crippen LogP contribution in [0.4, 0.5) is 0 Å². The van der Waals surface area contributed by atoms with Crippen molar-refractivity contribution < 1.29 is 14.6 Å². The van der Waals surface area contributed by atoms with E-state index in [1.807, 2.05) is 12.1 Å². The molecule has 3 nitrogen and oxygen atoms in total. The van der Waals surface area contributed by atoms with Crippen molar-refractivity contribution >= 4 is 5.97 Å². The third-order valence-electron chi connectivity index (χ3n) is 6.30. The minimum Gasteiger partial charge on any atom is -0.482 e. The van der Waals surface area contributed by atoms with Crippen molar-refractivity contribution in [2.24, 2.45) is 5.92 Å². The highest BCUT2D eigenvalue weighted by Crippen LogP contribution is 2.34. The lowest BCUT2D eigenvalue weighted by Gasteiger charge is -2.25. The lowest BCUT2D eigenvalue weighted by Crippen LogP contribution is -2.16. The molecule has 0 heterocycles. The molecule has 0 fully saturated rings. The van der Waals surface area contributed by atoms with Crippen LogP contribution in [0.15, 0.2) is 91.0 Å². The Kier molecular flexibility index (Phi) is 7.39. The van der Waals surface area contributed by atoms with Crippen LogP contribution in [0.2, 0.25) is 0 Å². The van der Waals surface area contributed by atoms with E-state index in [0.29, 0.717) is 11.8 Å². The van der Waals surface area contributed by atoms with Gasteiger partial charge >= 0.3 is 5.97 Å². The number of aliphatic carboxylic acids is 1. The summed E-state index contributed by atoms with van der Waals surface area (Å²) in [5.41, 5.74) is 5.18. The minimum absolute atomic E-state index is 0.285. The number of fused-ring (bicyclic) bond motifs is 1. The summed E-state index contributed by atoms with van der Waals surface area (Å²) in [5.74, 6) is 0.772. The fourth-order valence-electron chi connectivity index (χ4n) is 4.68. The Bertz CT molecular complexity index is 1000. The average Bonchev–Trinajstić information content (AvgIpc) is 2.83. The second-order valence-electron chi connectivity index (χ2n) is 8.50. The Morgan fingerprint density at radius 3 is 2.28 bits per heavy atom. The first-order chi connectivity index (χ1) is 15.7. The molecule has 0 amide bonds. The van der Waals surface area contributed by atoms with E-state index in [4.69, 9.17) is 9.84 Å². The van der Waals surface area contributed by atoms with Gasteiger partial charge in [-0.15, -0.1) is 0 Å². The monoisotopic (exact) mass is 426 g/mol. The summed E-state index contributed by atoms with van der Waals surface area (Å²) in [6.45, 7) is -0.285. The van der Waals surface area contributed by atoms with E-state index in [1.165, 1.54) is 22.3 Å². The van der Waals surface area contributed by atoms with Crippen LogP contribution >= 0.6 is 0 Å². The predicted octanol–water partition coefficient (Wildman–Crippen LogP) is 6.42. The van der Waals surface area contributed by atoms with Gasteiger partial charge in [-0.05, 0) is 66.3 Å². The molecule has 0 aromatic heterocycles. The van der Waals surface area contributed by atoms with E-state index in [0.717, 1.165) is 37.9 Å². The van der Waals surface area contributed by atoms with Crippen LogP contribution in [-0.2, 0) is 17.6 Å². The summed E-state index contributed by atoms with van der Waals surface area (Å²) in [5, 5.41) is 8.89. The number of carboxylic acid groups (broad SMARTS) is 1. The van der Waals surface area contributed by atoms with Crippen LogP contribution in [0.25, 0.3) is 0 Å². The lowest BCUT2D eigenvalue weighted by molar-refractivity contribution is -0.139. The van der Waals surface area contributed by atoms with Crippen molar-refractivity contribution in [2.45, 2.75) is 38.0 Å². The highest BCUT2D eigenvalue weighted by molar-refractivity contribution is 5.68. The number of allylic oxidation sites excluding steroid dienone is 2. The molecule has 3 aromatic carbocycles. The third-order valence-corrected chi connectivity index (χ3v) is 6.30. The Balaban J connectivity index is 1.37. The van der Waals surface area contributed by atoms with Gasteiger partial charge in [-0.1, -0.05) is 84.9 Å². The molecule has 0 spiro atoms. The Morgan fingerprint density at radius 1 is 0.938 bits per heavy atom. The molecule has 1 N–H and O–H groups in total.